The maximum atomic E-state index is 5.12. The van der Waals surface area contributed by atoms with Crippen LogP contribution in [0.2, 0.25) is 0 Å². The summed E-state index contributed by atoms with van der Waals surface area (Å²) in [6.07, 6.45) is 4.17. The molecular formula is C17H19NO. The maximum absolute atomic E-state index is 5.12. The van der Waals surface area contributed by atoms with E-state index in [1.807, 2.05) is 30.5 Å². The van der Waals surface area contributed by atoms with Crippen LogP contribution in [-0.4, -0.2) is 13.3 Å². The summed E-state index contributed by atoms with van der Waals surface area (Å²) in [5.41, 5.74) is 3.42. The van der Waals surface area contributed by atoms with E-state index in [-0.39, 0.29) is 0 Å². The van der Waals surface area contributed by atoms with Gasteiger partial charge in [-0.05, 0) is 53.9 Å². The number of methoxy groups -OCH3 is 1. The molecule has 0 spiro atoms. The molecule has 2 heteroatoms. The van der Waals surface area contributed by atoms with Gasteiger partial charge in [0.25, 0.3) is 0 Å². The van der Waals surface area contributed by atoms with E-state index in [2.05, 4.69) is 36.2 Å². The summed E-state index contributed by atoms with van der Waals surface area (Å²) in [5.74, 6) is 0.862. The fourth-order valence-corrected chi connectivity index (χ4v) is 1.88. The molecule has 0 aliphatic rings. The number of aryl methyl sites for hydroxylation is 1. The largest absolute Gasteiger partial charge is 0.497 e. The van der Waals surface area contributed by atoms with Crippen LogP contribution < -0.4 is 4.74 Å². The fourth-order valence-electron chi connectivity index (χ4n) is 1.88. The molecule has 2 rings (SSSR count). The number of hydrogen-bond acceptors (Lipinski definition) is 2. The van der Waals surface area contributed by atoms with Crippen LogP contribution >= 0.6 is 0 Å². The van der Waals surface area contributed by atoms with Crippen molar-refractivity contribution in [2.45, 2.75) is 19.8 Å². The number of aliphatic imine (C=N–C) groups is 1. The second-order valence-corrected chi connectivity index (χ2v) is 4.45. The van der Waals surface area contributed by atoms with Gasteiger partial charge in [-0.25, -0.2) is 0 Å². The minimum atomic E-state index is 0.862. The summed E-state index contributed by atoms with van der Waals surface area (Å²) in [5, 5.41) is 0. The number of nitrogens with zero attached hydrogens (tertiary/aromatic N) is 1. The van der Waals surface area contributed by atoms with Crippen molar-refractivity contribution >= 4 is 11.9 Å². The SMILES string of the molecule is CCCc1ccc(N=Cc2ccc(OC)cc2)cc1. The van der Waals surface area contributed by atoms with Crippen LogP contribution in [0.3, 0.4) is 0 Å². The summed E-state index contributed by atoms with van der Waals surface area (Å²) in [4.78, 5) is 4.47. The van der Waals surface area contributed by atoms with Crippen LogP contribution in [0, 0.1) is 0 Å². The summed E-state index contributed by atoms with van der Waals surface area (Å²) >= 11 is 0. The Morgan fingerprint density at radius 3 is 2.26 bits per heavy atom. The molecule has 0 atom stereocenters. The van der Waals surface area contributed by atoms with Crippen molar-refractivity contribution in [2.24, 2.45) is 4.99 Å². The predicted molar refractivity (Wildman–Crippen MR) is 80.7 cm³/mol. The van der Waals surface area contributed by atoms with Gasteiger partial charge in [0.1, 0.15) is 5.75 Å². The van der Waals surface area contributed by atoms with Crippen molar-refractivity contribution in [1.29, 1.82) is 0 Å². The predicted octanol–water partition coefficient (Wildman–Crippen LogP) is 4.40. The Labute approximate surface area is 114 Å². The lowest BCUT2D eigenvalue weighted by molar-refractivity contribution is 0.415. The third-order valence-electron chi connectivity index (χ3n) is 2.95. The van der Waals surface area contributed by atoms with Crippen molar-refractivity contribution in [1.82, 2.24) is 0 Å². The van der Waals surface area contributed by atoms with Gasteiger partial charge in [-0.15, -0.1) is 0 Å². The van der Waals surface area contributed by atoms with Gasteiger partial charge in [0.15, 0.2) is 0 Å². The van der Waals surface area contributed by atoms with E-state index in [0.717, 1.165) is 23.4 Å². The van der Waals surface area contributed by atoms with Gasteiger partial charge in [0.05, 0.1) is 12.8 Å². The Kier molecular flexibility index (Phi) is 4.73. The van der Waals surface area contributed by atoms with E-state index in [1.54, 1.807) is 7.11 Å². The molecule has 19 heavy (non-hydrogen) atoms. The van der Waals surface area contributed by atoms with Gasteiger partial charge >= 0.3 is 0 Å². The Hall–Kier alpha value is -2.09. The third-order valence-corrected chi connectivity index (χ3v) is 2.95. The maximum Gasteiger partial charge on any atom is 0.118 e. The van der Waals surface area contributed by atoms with E-state index in [1.165, 1.54) is 12.0 Å². The second-order valence-electron chi connectivity index (χ2n) is 4.45. The van der Waals surface area contributed by atoms with Gasteiger partial charge in [-0.3, -0.25) is 4.99 Å². The molecule has 0 saturated heterocycles. The van der Waals surface area contributed by atoms with Crippen LogP contribution in [0.15, 0.2) is 53.5 Å². The quantitative estimate of drug-likeness (QED) is 0.724. The Morgan fingerprint density at radius 2 is 1.68 bits per heavy atom. The zero-order valence-electron chi connectivity index (χ0n) is 11.5. The highest BCUT2D eigenvalue weighted by molar-refractivity contribution is 5.82. The molecule has 0 aliphatic carbocycles. The van der Waals surface area contributed by atoms with Crippen molar-refractivity contribution in [3.05, 3.63) is 59.7 Å². The first-order valence-corrected chi connectivity index (χ1v) is 6.59. The summed E-state index contributed by atoms with van der Waals surface area (Å²) in [7, 11) is 1.67. The first-order chi connectivity index (χ1) is 9.31. The standard InChI is InChI=1S/C17H19NO/c1-3-4-14-5-9-16(10-6-14)18-13-15-7-11-17(19-2)12-8-15/h5-13H,3-4H2,1-2H3. The van der Waals surface area contributed by atoms with E-state index in [0.29, 0.717) is 0 Å². The van der Waals surface area contributed by atoms with Gasteiger partial charge in [-0.2, -0.15) is 0 Å². The van der Waals surface area contributed by atoms with Gasteiger partial charge in [-0.1, -0.05) is 25.5 Å². The molecular weight excluding hydrogens is 234 g/mol. The highest BCUT2D eigenvalue weighted by atomic mass is 16.5. The molecule has 2 aromatic rings. The number of ether oxygens (including phenoxy) is 1. The van der Waals surface area contributed by atoms with E-state index < -0.39 is 0 Å². The minimum absolute atomic E-state index is 0.862. The van der Waals surface area contributed by atoms with Gasteiger partial charge in [0.2, 0.25) is 0 Å². The molecule has 2 nitrogen and oxygen atoms in total. The highest BCUT2D eigenvalue weighted by Gasteiger charge is 1.93. The molecule has 0 bridgehead atoms. The smallest absolute Gasteiger partial charge is 0.118 e. The molecule has 0 radical (unpaired) electrons. The van der Waals surface area contributed by atoms with E-state index in [9.17, 15) is 0 Å². The molecule has 98 valence electrons. The lowest BCUT2D eigenvalue weighted by atomic mass is 10.1. The summed E-state index contributed by atoms with van der Waals surface area (Å²) in [6, 6.07) is 16.3. The molecule has 0 heterocycles. The van der Waals surface area contributed by atoms with Crippen molar-refractivity contribution in [3.8, 4) is 5.75 Å². The highest BCUT2D eigenvalue weighted by Crippen LogP contribution is 2.15. The van der Waals surface area contributed by atoms with Gasteiger partial charge in [0, 0.05) is 6.21 Å². The van der Waals surface area contributed by atoms with Crippen molar-refractivity contribution in [3.63, 3.8) is 0 Å². The average Bonchev–Trinajstić information content (AvgIpc) is 2.47. The zero-order chi connectivity index (χ0) is 13.5. The minimum Gasteiger partial charge on any atom is -0.497 e. The topological polar surface area (TPSA) is 21.6 Å². The summed E-state index contributed by atoms with van der Waals surface area (Å²) < 4.78 is 5.12. The molecule has 0 saturated carbocycles. The van der Waals surface area contributed by atoms with E-state index in [4.69, 9.17) is 4.74 Å². The fraction of sp³-hybridized carbons (Fsp3) is 0.235. The lowest BCUT2D eigenvalue weighted by Gasteiger charge is -2.00. The van der Waals surface area contributed by atoms with Gasteiger partial charge < -0.3 is 4.74 Å². The molecule has 0 unspecified atom stereocenters. The first kappa shape index (κ1) is 13.3. The third kappa shape index (κ3) is 3.95. The van der Waals surface area contributed by atoms with Crippen molar-refractivity contribution < 1.29 is 4.74 Å². The lowest BCUT2D eigenvalue weighted by Crippen LogP contribution is -1.84. The normalized spacial score (nSPS) is 10.8. The Bertz CT molecular complexity index is 526. The summed E-state index contributed by atoms with van der Waals surface area (Å²) in [6.45, 7) is 2.19. The zero-order valence-corrected chi connectivity index (χ0v) is 11.5. The molecule has 0 aliphatic heterocycles. The van der Waals surface area contributed by atoms with Crippen LogP contribution in [0.1, 0.15) is 24.5 Å². The molecule has 0 aromatic heterocycles. The van der Waals surface area contributed by atoms with Crippen LogP contribution in [0.4, 0.5) is 5.69 Å². The van der Waals surface area contributed by atoms with E-state index >= 15 is 0 Å². The number of hydrogen-bond donors (Lipinski definition) is 0. The first-order valence-electron chi connectivity index (χ1n) is 6.59. The van der Waals surface area contributed by atoms with Crippen molar-refractivity contribution in [2.75, 3.05) is 7.11 Å². The number of benzene rings is 2. The monoisotopic (exact) mass is 253 g/mol. The molecule has 2 aromatic carbocycles. The Balaban J connectivity index is 2.04. The average molecular weight is 253 g/mol. The van der Waals surface area contributed by atoms with Crippen LogP contribution in [0.25, 0.3) is 0 Å². The molecule has 0 N–H and O–H groups in total. The Morgan fingerprint density at radius 1 is 1.00 bits per heavy atom. The van der Waals surface area contributed by atoms with Crippen LogP contribution in [-0.2, 0) is 6.42 Å². The van der Waals surface area contributed by atoms with Crippen LogP contribution in [0.5, 0.6) is 5.75 Å². The number of rotatable bonds is 5. The second kappa shape index (κ2) is 6.74. The molecule has 0 amide bonds. The molecule has 0 fully saturated rings.